The molecule has 0 aliphatic heterocycles. The second kappa shape index (κ2) is 14.1. The Hall–Kier alpha value is -7.94. The maximum Gasteiger partial charge on any atom is 0.0714 e. The Morgan fingerprint density at radius 2 is 0.869 bits per heavy atom. The molecule has 0 spiro atoms. The fraction of sp³-hybridized carbons (Fsp3) is 0.0169. The quantitative estimate of drug-likeness (QED) is 0.156. The predicted octanol–water partition coefficient (Wildman–Crippen LogP) is 15.4. The molecule has 0 saturated carbocycles. The van der Waals surface area contributed by atoms with Gasteiger partial charge in [0.2, 0.25) is 0 Å². The van der Waals surface area contributed by atoms with Crippen LogP contribution in [0.5, 0.6) is 0 Å². The van der Waals surface area contributed by atoms with E-state index < -0.39 is 5.41 Å². The molecule has 0 fully saturated rings. The number of para-hydroxylation sites is 2. The molecule has 0 unspecified atom stereocenters. The van der Waals surface area contributed by atoms with Crippen molar-refractivity contribution in [3.8, 4) is 27.9 Å². The average molecular weight is 777 g/mol. The van der Waals surface area contributed by atoms with Gasteiger partial charge in [0.05, 0.1) is 22.1 Å². The van der Waals surface area contributed by atoms with Gasteiger partial charge in [-0.25, -0.2) is 0 Å². The molecule has 0 bridgehead atoms. The van der Waals surface area contributed by atoms with Crippen LogP contribution in [-0.2, 0) is 5.41 Å². The summed E-state index contributed by atoms with van der Waals surface area (Å²) in [4.78, 5) is 2.46. The number of anilines is 3. The predicted molar refractivity (Wildman–Crippen MR) is 256 cm³/mol. The molecule has 0 atom stereocenters. The van der Waals surface area contributed by atoms with Crippen molar-refractivity contribution in [2.75, 3.05) is 4.90 Å². The van der Waals surface area contributed by atoms with Crippen LogP contribution in [0.1, 0.15) is 22.3 Å². The van der Waals surface area contributed by atoms with Gasteiger partial charge < -0.3 is 9.47 Å². The van der Waals surface area contributed by atoms with Crippen LogP contribution in [0, 0.1) is 0 Å². The Morgan fingerprint density at radius 1 is 0.328 bits per heavy atom. The molecule has 12 rings (SSSR count). The van der Waals surface area contributed by atoms with Crippen molar-refractivity contribution in [2.45, 2.75) is 5.41 Å². The van der Waals surface area contributed by atoms with E-state index in [1.165, 1.54) is 71.6 Å². The molecule has 1 heterocycles. The van der Waals surface area contributed by atoms with E-state index in [-0.39, 0.29) is 0 Å². The number of aromatic nitrogens is 1. The molecular weight excluding hydrogens is 737 g/mol. The molecule has 1 aliphatic carbocycles. The van der Waals surface area contributed by atoms with Crippen LogP contribution in [-0.4, -0.2) is 4.57 Å². The van der Waals surface area contributed by atoms with Crippen LogP contribution in [0.2, 0.25) is 0 Å². The molecule has 0 amide bonds. The van der Waals surface area contributed by atoms with Gasteiger partial charge in [-0.05, 0) is 98.2 Å². The molecule has 286 valence electrons. The first-order chi connectivity index (χ1) is 30.3. The molecule has 2 nitrogen and oxygen atoms in total. The summed E-state index contributed by atoms with van der Waals surface area (Å²) in [5.41, 5.74) is 16.3. The van der Waals surface area contributed by atoms with Crippen molar-refractivity contribution in [1.82, 2.24) is 4.57 Å². The van der Waals surface area contributed by atoms with Gasteiger partial charge in [-0.2, -0.15) is 0 Å². The number of hydrogen-bond donors (Lipinski definition) is 0. The van der Waals surface area contributed by atoms with E-state index in [0.29, 0.717) is 0 Å². The van der Waals surface area contributed by atoms with Gasteiger partial charge in [0.25, 0.3) is 0 Å². The van der Waals surface area contributed by atoms with Crippen molar-refractivity contribution < 1.29 is 0 Å². The lowest BCUT2D eigenvalue weighted by Crippen LogP contribution is -2.28. The maximum absolute atomic E-state index is 2.47. The second-order valence-electron chi connectivity index (χ2n) is 16.1. The first-order valence-corrected chi connectivity index (χ1v) is 21.1. The van der Waals surface area contributed by atoms with Crippen LogP contribution in [0.25, 0.3) is 60.5 Å². The van der Waals surface area contributed by atoms with Crippen LogP contribution < -0.4 is 4.90 Å². The fourth-order valence-electron chi connectivity index (χ4n) is 10.2. The van der Waals surface area contributed by atoms with Crippen LogP contribution in [0.4, 0.5) is 17.1 Å². The largest absolute Gasteiger partial charge is 0.310 e. The summed E-state index contributed by atoms with van der Waals surface area (Å²) in [6.07, 6.45) is 0. The molecule has 2 heteroatoms. The minimum Gasteiger partial charge on any atom is -0.310 e. The van der Waals surface area contributed by atoms with Crippen molar-refractivity contribution in [1.29, 1.82) is 0 Å². The highest BCUT2D eigenvalue weighted by Gasteiger charge is 2.46. The zero-order valence-corrected chi connectivity index (χ0v) is 33.5. The van der Waals surface area contributed by atoms with E-state index in [1.54, 1.807) is 0 Å². The van der Waals surface area contributed by atoms with Gasteiger partial charge >= 0.3 is 0 Å². The van der Waals surface area contributed by atoms with E-state index in [4.69, 9.17) is 0 Å². The third-order valence-electron chi connectivity index (χ3n) is 12.8. The van der Waals surface area contributed by atoms with Gasteiger partial charge in [0.15, 0.2) is 0 Å². The number of rotatable bonds is 7. The third-order valence-corrected chi connectivity index (χ3v) is 12.8. The van der Waals surface area contributed by atoms with E-state index in [9.17, 15) is 0 Å². The second-order valence-corrected chi connectivity index (χ2v) is 16.1. The zero-order chi connectivity index (χ0) is 40.3. The van der Waals surface area contributed by atoms with Crippen LogP contribution >= 0.6 is 0 Å². The SMILES string of the molecule is c1ccc(-c2ccccc2-n2c3ccccc3c3ccc(N(c4ccc5c(c4)C(c4ccccc4)(c4ccccc4)c4ccccc4-5)c4ccc5ccccc5c4)cc32)cc1. The lowest BCUT2D eigenvalue weighted by molar-refractivity contribution is 0.768. The summed E-state index contributed by atoms with van der Waals surface area (Å²) in [5.74, 6) is 0. The molecule has 0 N–H and O–H groups in total. The summed E-state index contributed by atoms with van der Waals surface area (Å²) in [6, 6.07) is 89.2. The normalized spacial score (nSPS) is 12.7. The Morgan fingerprint density at radius 3 is 1.66 bits per heavy atom. The molecule has 10 aromatic carbocycles. The average Bonchev–Trinajstić information content (AvgIpc) is 3.82. The highest BCUT2D eigenvalue weighted by atomic mass is 15.1. The van der Waals surface area contributed by atoms with Gasteiger partial charge in [0.1, 0.15) is 0 Å². The summed E-state index contributed by atoms with van der Waals surface area (Å²) < 4.78 is 2.46. The molecule has 0 saturated heterocycles. The summed E-state index contributed by atoms with van der Waals surface area (Å²) in [5, 5.41) is 4.87. The Kier molecular flexibility index (Phi) is 8.11. The van der Waals surface area contributed by atoms with Crippen molar-refractivity contribution in [2.24, 2.45) is 0 Å². The molecule has 0 radical (unpaired) electrons. The number of benzene rings is 10. The van der Waals surface area contributed by atoms with Crippen molar-refractivity contribution in [3.63, 3.8) is 0 Å². The minimum atomic E-state index is -0.517. The minimum absolute atomic E-state index is 0.517. The lowest BCUT2D eigenvalue weighted by Gasteiger charge is -2.35. The lowest BCUT2D eigenvalue weighted by atomic mass is 9.67. The van der Waals surface area contributed by atoms with Crippen LogP contribution in [0.15, 0.2) is 243 Å². The first kappa shape index (κ1) is 35.0. The molecule has 1 aliphatic rings. The van der Waals surface area contributed by atoms with Gasteiger partial charge in [-0.3, -0.25) is 0 Å². The summed E-state index contributed by atoms with van der Waals surface area (Å²) in [7, 11) is 0. The summed E-state index contributed by atoms with van der Waals surface area (Å²) in [6.45, 7) is 0. The number of fused-ring (bicyclic) bond motifs is 7. The fourth-order valence-corrected chi connectivity index (χ4v) is 10.2. The molecule has 1 aromatic heterocycles. The highest BCUT2D eigenvalue weighted by molar-refractivity contribution is 6.11. The number of nitrogens with zero attached hydrogens (tertiary/aromatic N) is 2. The summed E-state index contributed by atoms with van der Waals surface area (Å²) >= 11 is 0. The van der Waals surface area contributed by atoms with Gasteiger partial charge in [0, 0.05) is 33.4 Å². The van der Waals surface area contributed by atoms with Crippen molar-refractivity contribution in [3.05, 3.63) is 265 Å². The van der Waals surface area contributed by atoms with E-state index in [2.05, 4.69) is 252 Å². The Balaban J connectivity index is 1.14. The van der Waals surface area contributed by atoms with E-state index in [1.807, 2.05) is 0 Å². The first-order valence-electron chi connectivity index (χ1n) is 21.1. The molecule has 61 heavy (non-hydrogen) atoms. The number of hydrogen-bond acceptors (Lipinski definition) is 1. The molecule has 11 aromatic rings. The maximum atomic E-state index is 2.47. The van der Waals surface area contributed by atoms with Gasteiger partial charge in [-0.1, -0.05) is 194 Å². The monoisotopic (exact) mass is 776 g/mol. The molecular formula is C59H40N2. The standard InChI is InChI=1S/C59H40N2/c1-4-19-42(20-5-1)49-26-13-16-30-56(49)61-57-31-17-14-28-52(57)53-37-35-48(40-58(53)61)60(46-33-32-41-18-10-11-21-43(41)38-46)47-34-36-51-50-27-12-15-29-54(50)59(55(51)39-47,44-22-6-2-7-23-44)45-24-8-3-9-25-45/h1-40H. The van der Waals surface area contributed by atoms with Crippen LogP contribution in [0.3, 0.4) is 0 Å². The Labute approximate surface area is 355 Å². The highest BCUT2D eigenvalue weighted by Crippen LogP contribution is 2.57. The van der Waals surface area contributed by atoms with E-state index in [0.717, 1.165) is 28.3 Å². The smallest absolute Gasteiger partial charge is 0.0714 e. The van der Waals surface area contributed by atoms with E-state index >= 15 is 0 Å². The topological polar surface area (TPSA) is 8.17 Å². The Bertz CT molecular complexity index is 3380. The van der Waals surface area contributed by atoms with Gasteiger partial charge in [-0.15, -0.1) is 0 Å². The van der Waals surface area contributed by atoms with Crippen molar-refractivity contribution >= 4 is 49.6 Å². The zero-order valence-electron chi connectivity index (χ0n) is 33.5. The third kappa shape index (κ3) is 5.43.